The van der Waals surface area contributed by atoms with Crippen LogP contribution in [0.25, 0.3) is 16.6 Å². The summed E-state index contributed by atoms with van der Waals surface area (Å²) in [5.74, 6) is -0.377. The smallest absolute Gasteiger partial charge is 0.335 e. The van der Waals surface area contributed by atoms with Crippen LogP contribution >= 0.6 is 15.9 Å². The van der Waals surface area contributed by atoms with E-state index in [-0.39, 0.29) is 11.1 Å². The molecule has 4 aromatic rings. The van der Waals surface area contributed by atoms with Crippen molar-refractivity contribution in [2.45, 2.75) is 27.2 Å². The molecule has 0 amide bonds. The minimum absolute atomic E-state index is 0.220. The minimum atomic E-state index is -0.960. The zero-order valence-electron chi connectivity index (χ0n) is 17.8. The second-order valence-corrected chi connectivity index (χ2v) is 8.33. The Morgan fingerprint density at radius 3 is 2.53 bits per heavy atom. The zero-order valence-corrected chi connectivity index (χ0v) is 19.4. The molecule has 0 aliphatic carbocycles. The fraction of sp³-hybridized carbons (Fsp3) is 0.167. The van der Waals surface area contributed by atoms with E-state index in [4.69, 9.17) is 5.11 Å². The van der Waals surface area contributed by atoms with Gasteiger partial charge in [0.05, 0.1) is 22.7 Å². The summed E-state index contributed by atoms with van der Waals surface area (Å²) in [6.45, 7) is 5.86. The number of aryl methyl sites for hydroxylation is 2. The van der Waals surface area contributed by atoms with Crippen LogP contribution in [0.1, 0.15) is 40.1 Å². The summed E-state index contributed by atoms with van der Waals surface area (Å²) in [5.41, 5.74) is 4.26. The van der Waals surface area contributed by atoms with Crippen LogP contribution in [-0.4, -0.2) is 31.5 Å². The highest BCUT2D eigenvalue weighted by molar-refractivity contribution is 9.10. The highest BCUT2D eigenvalue weighted by Gasteiger charge is 2.13. The van der Waals surface area contributed by atoms with Crippen molar-refractivity contribution in [1.82, 2.24) is 14.2 Å². The molecule has 0 radical (unpaired) electrons. The predicted molar refractivity (Wildman–Crippen MR) is 128 cm³/mol. The van der Waals surface area contributed by atoms with Gasteiger partial charge in [0, 0.05) is 33.5 Å². The average Bonchev–Trinajstić information content (AvgIpc) is 3.06. The standard InChI is InChI=1S/C24H21BrN4O3/c1-4-22-27-21-10-7-18(25)12-20(21)23(30)29(22)26-13-17-11-14(2)28(15(17)3)19-8-5-16(6-9-19)24(31)32/h5-13H,4H2,1-3H3,(H,31,32). The normalized spacial score (nSPS) is 11.5. The molecule has 7 nitrogen and oxygen atoms in total. The second kappa shape index (κ2) is 8.55. The summed E-state index contributed by atoms with van der Waals surface area (Å²) in [7, 11) is 0. The number of aromatic nitrogens is 3. The van der Waals surface area contributed by atoms with Crippen molar-refractivity contribution in [3.05, 3.63) is 91.7 Å². The molecule has 0 bridgehead atoms. The summed E-state index contributed by atoms with van der Waals surface area (Å²) < 4.78 is 4.18. The molecule has 1 N–H and O–H groups in total. The van der Waals surface area contributed by atoms with Crippen LogP contribution in [0.2, 0.25) is 0 Å². The van der Waals surface area contributed by atoms with Crippen molar-refractivity contribution in [2.75, 3.05) is 0 Å². The number of halogens is 1. The maximum absolute atomic E-state index is 13.1. The van der Waals surface area contributed by atoms with Gasteiger partial charge in [0.1, 0.15) is 5.82 Å². The van der Waals surface area contributed by atoms with Crippen LogP contribution < -0.4 is 5.56 Å². The van der Waals surface area contributed by atoms with Gasteiger partial charge < -0.3 is 9.67 Å². The molecule has 32 heavy (non-hydrogen) atoms. The van der Waals surface area contributed by atoms with E-state index in [2.05, 4.69) is 26.0 Å². The fourth-order valence-electron chi connectivity index (χ4n) is 3.73. The number of fused-ring (bicyclic) bond motifs is 1. The van der Waals surface area contributed by atoms with Gasteiger partial charge in [-0.05, 0) is 62.4 Å². The summed E-state index contributed by atoms with van der Waals surface area (Å²) in [4.78, 5) is 28.8. The number of benzene rings is 2. The number of hydrogen-bond acceptors (Lipinski definition) is 4. The Morgan fingerprint density at radius 1 is 1.16 bits per heavy atom. The number of carboxylic acids is 1. The zero-order chi connectivity index (χ0) is 23.0. The van der Waals surface area contributed by atoms with E-state index in [1.165, 1.54) is 4.68 Å². The molecule has 0 fully saturated rings. The largest absolute Gasteiger partial charge is 0.478 e. The van der Waals surface area contributed by atoms with Gasteiger partial charge in [0.15, 0.2) is 0 Å². The number of aromatic carboxylic acids is 1. The van der Waals surface area contributed by atoms with E-state index in [9.17, 15) is 9.59 Å². The second-order valence-electron chi connectivity index (χ2n) is 7.42. The van der Waals surface area contributed by atoms with Gasteiger partial charge >= 0.3 is 5.97 Å². The van der Waals surface area contributed by atoms with Crippen molar-refractivity contribution in [1.29, 1.82) is 0 Å². The predicted octanol–water partition coefficient (Wildman–Crippen LogP) is 4.71. The van der Waals surface area contributed by atoms with Gasteiger partial charge in [-0.3, -0.25) is 4.79 Å². The minimum Gasteiger partial charge on any atom is -0.478 e. The van der Waals surface area contributed by atoms with Gasteiger partial charge in [-0.1, -0.05) is 22.9 Å². The third-order valence-electron chi connectivity index (χ3n) is 5.35. The molecular formula is C24H21BrN4O3. The maximum atomic E-state index is 13.1. The Morgan fingerprint density at radius 2 is 1.88 bits per heavy atom. The van der Waals surface area contributed by atoms with E-state index in [1.807, 2.05) is 43.5 Å². The third kappa shape index (κ3) is 3.89. The number of hydrogen-bond donors (Lipinski definition) is 1. The van der Waals surface area contributed by atoms with Gasteiger partial charge in [-0.15, -0.1) is 0 Å². The lowest BCUT2D eigenvalue weighted by atomic mass is 10.2. The molecular weight excluding hydrogens is 472 g/mol. The Labute approximate surface area is 192 Å². The molecule has 2 heterocycles. The van der Waals surface area contributed by atoms with Crippen molar-refractivity contribution in [3.8, 4) is 5.69 Å². The molecule has 2 aromatic carbocycles. The molecule has 0 unspecified atom stereocenters. The molecule has 0 saturated heterocycles. The lowest BCUT2D eigenvalue weighted by molar-refractivity contribution is 0.0697. The Balaban J connectivity index is 1.77. The number of carbonyl (C=O) groups is 1. The monoisotopic (exact) mass is 492 g/mol. The first-order valence-electron chi connectivity index (χ1n) is 10.1. The van der Waals surface area contributed by atoms with Crippen molar-refractivity contribution in [2.24, 2.45) is 5.10 Å². The van der Waals surface area contributed by atoms with Crippen LogP contribution in [0.4, 0.5) is 0 Å². The van der Waals surface area contributed by atoms with Gasteiger partial charge in [0.2, 0.25) is 0 Å². The number of nitrogens with zero attached hydrogens (tertiary/aromatic N) is 4. The Kier molecular flexibility index (Phi) is 5.80. The van der Waals surface area contributed by atoms with E-state index in [1.54, 1.807) is 36.5 Å². The first-order chi connectivity index (χ1) is 15.3. The average molecular weight is 493 g/mol. The van der Waals surface area contributed by atoms with Crippen LogP contribution in [0, 0.1) is 13.8 Å². The Bertz CT molecular complexity index is 1430. The van der Waals surface area contributed by atoms with Gasteiger partial charge in [0.25, 0.3) is 5.56 Å². The molecule has 2 aromatic heterocycles. The molecule has 162 valence electrons. The highest BCUT2D eigenvalue weighted by Crippen LogP contribution is 2.21. The lowest BCUT2D eigenvalue weighted by Gasteiger charge is -2.10. The van der Waals surface area contributed by atoms with Gasteiger partial charge in [-0.25, -0.2) is 9.78 Å². The van der Waals surface area contributed by atoms with Crippen molar-refractivity contribution in [3.63, 3.8) is 0 Å². The first-order valence-corrected chi connectivity index (χ1v) is 10.9. The molecule has 0 aliphatic heterocycles. The van der Waals surface area contributed by atoms with Crippen LogP contribution in [0.15, 0.2) is 62.9 Å². The fourth-order valence-corrected chi connectivity index (χ4v) is 4.09. The number of rotatable bonds is 5. The van der Waals surface area contributed by atoms with Crippen molar-refractivity contribution < 1.29 is 9.90 Å². The van der Waals surface area contributed by atoms with Crippen molar-refractivity contribution >= 4 is 39.0 Å². The summed E-state index contributed by atoms with van der Waals surface area (Å²) in [6, 6.07) is 14.1. The maximum Gasteiger partial charge on any atom is 0.335 e. The van der Waals surface area contributed by atoms with Crippen LogP contribution in [0.5, 0.6) is 0 Å². The highest BCUT2D eigenvalue weighted by atomic mass is 79.9. The Hall–Kier alpha value is -3.52. The quantitative estimate of drug-likeness (QED) is 0.408. The number of carboxylic acid groups (broad SMARTS) is 1. The van der Waals surface area contributed by atoms with E-state index in [0.717, 1.165) is 27.1 Å². The molecule has 0 saturated carbocycles. The van der Waals surface area contributed by atoms with E-state index >= 15 is 0 Å². The summed E-state index contributed by atoms with van der Waals surface area (Å²) >= 11 is 3.41. The molecule has 0 aliphatic rings. The van der Waals surface area contributed by atoms with E-state index < -0.39 is 5.97 Å². The summed E-state index contributed by atoms with van der Waals surface area (Å²) in [5, 5.41) is 14.1. The molecule has 4 rings (SSSR count). The van der Waals surface area contributed by atoms with Crippen LogP contribution in [0.3, 0.4) is 0 Å². The molecule has 0 spiro atoms. The SMILES string of the molecule is CCc1nc2ccc(Br)cc2c(=O)n1N=Cc1cc(C)n(-c2ccc(C(=O)O)cc2)c1C. The first kappa shape index (κ1) is 21.7. The lowest BCUT2D eigenvalue weighted by Crippen LogP contribution is -2.22. The molecule has 8 heteroatoms. The van der Waals surface area contributed by atoms with Crippen LogP contribution in [-0.2, 0) is 6.42 Å². The third-order valence-corrected chi connectivity index (χ3v) is 5.84. The van der Waals surface area contributed by atoms with Gasteiger partial charge in [-0.2, -0.15) is 9.78 Å². The molecule has 0 atom stereocenters. The summed E-state index contributed by atoms with van der Waals surface area (Å²) in [6.07, 6.45) is 2.23. The van der Waals surface area contributed by atoms with E-state index in [0.29, 0.717) is 23.1 Å². The topological polar surface area (TPSA) is 89.5 Å².